The highest BCUT2D eigenvalue weighted by Gasteiger charge is 2.16. The van der Waals surface area contributed by atoms with Crippen LogP contribution in [0, 0.1) is 6.92 Å². The summed E-state index contributed by atoms with van der Waals surface area (Å²) < 4.78 is 5.66. The van der Waals surface area contributed by atoms with Crippen LogP contribution in [0.25, 0.3) is 0 Å². The van der Waals surface area contributed by atoms with E-state index in [4.69, 9.17) is 4.74 Å². The van der Waals surface area contributed by atoms with Crippen LogP contribution in [0.4, 0.5) is 5.69 Å². The summed E-state index contributed by atoms with van der Waals surface area (Å²) in [4.78, 5) is 16.6. The molecule has 0 saturated carbocycles. The van der Waals surface area contributed by atoms with Gasteiger partial charge in [0.15, 0.2) is 0 Å². The monoisotopic (exact) mass is 297 g/mol. The number of anilines is 1. The van der Waals surface area contributed by atoms with Crippen molar-refractivity contribution in [1.29, 1.82) is 0 Å². The number of aryl methyl sites for hydroxylation is 1. The minimum atomic E-state index is -0.131. The van der Waals surface area contributed by atoms with Crippen LogP contribution < -0.4 is 10.6 Å². The number of hydrogen-bond donors (Lipinski definition) is 2. The summed E-state index contributed by atoms with van der Waals surface area (Å²) in [6, 6.07) is 11.2. The van der Waals surface area contributed by atoms with E-state index in [0.29, 0.717) is 17.9 Å². The van der Waals surface area contributed by atoms with E-state index in [1.807, 2.05) is 37.3 Å². The Hall–Kier alpha value is -2.24. The average Bonchev–Trinajstić information content (AvgIpc) is 2.56. The molecule has 22 heavy (non-hydrogen) atoms. The van der Waals surface area contributed by atoms with E-state index in [9.17, 15) is 4.79 Å². The minimum absolute atomic E-state index is 0.0183. The first kappa shape index (κ1) is 14.7. The highest BCUT2D eigenvalue weighted by molar-refractivity contribution is 6.04. The lowest BCUT2D eigenvalue weighted by molar-refractivity contribution is 0.0250. The highest BCUT2D eigenvalue weighted by Crippen LogP contribution is 2.18. The maximum Gasteiger partial charge on any atom is 0.255 e. The van der Waals surface area contributed by atoms with Crippen molar-refractivity contribution >= 4 is 11.6 Å². The van der Waals surface area contributed by atoms with Crippen molar-refractivity contribution in [1.82, 2.24) is 10.3 Å². The molecule has 2 N–H and O–H groups in total. The van der Waals surface area contributed by atoms with Crippen LogP contribution in [0.15, 0.2) is 42.6 Å². The smallest absolute Gasteiger partial charge is 0.255 e. The molecule has 1 aromatic heterocycles. The van der Waals surface area contributed by atoms with Crippen molar-refractivity contribution in [3.8, 4) is 0 Å². The molecule has 1 aliphatic rings. The number of carbonyl (C=O) groups excluding carboxylic acids is 1. The summed E-state index contributed by atoms with van der Waals surface area (Å²) in [7, 11) is 0. The summed E-state index contributed by atoms with van der Waals surface area (Å²) in [5, 5.41) is 6.13. The molecular formula is C17H19N3O2. The Labute approximate surface area is 129 Å². The Morgan fingerprint density at radius 2 is 2.27 bits per heavy atom. The number of hydrogen-bond acceptors (Lipinski definition) is 4. The van der Waals surface area contributed by atoms with E-state index in [0.717, 1.165) is 24.3 Å². The quantitative estimate of drug-likeness (QED) is 0.912. The van der Waals surface area contributed by atoms with E-state index in [1.54, 1.807) is 12.3 Å². The minimum Gasteiger partial charge on any atom is -0.369 e. The number of carbonyl (C=O) groups is 1. The molecule has 0 aliphatic carbocycles. The lowest BCUT2D eigenvalue weighted by Gasteiger charge is -2.23. The van der Waals surface area contributed by atoms with Crippen LogP contribution in [-0.2, 0) is 4.74 Å². The number of aromatic nitrogens is 1. The van der Waals surface area contributed by atoms with Crippen molar-refractivity contribution in [2.75, 3.05) is 25.0 Å². The fourth-order valence-electron chi connectivity index (χ4n) is 2.41. The van der Waals surface area contributed by atoms with Gasteiger partial charge in [0.1, 0.15) is 6.10 Å². The zero-order valence-electron chi connectivity index (χ0n) is 12.5. The number of rotatable bonds is 3. The Balaban J connectivity index is 1.66. The third-order valence-corrected chi connectivity index (χ3v) is 3.58. The zero-order valence-corrected chi connectivity index (χ0v) is 12.5. The third-order valence-electron chi connectivity index (χ3n) is 3.58. The standard InChI is InChI=1S/C17H19N3O2/c1-12-3-2-4-13(9-12)17(21)20-14-5-6-15(19-10-14)16-11-18-7-8-22-16/h2-6,9-10,16,18H,7-8,11H2,1H3,(H,20,21). The number of nitrogens with one attached hydrogen (secondary N) is 2. The number of benzene rings is 1. The molecule has 1 atom stereocenters. The molecule has 0 radical (unpaired) electrons. The summed E-state index contributed by atoms with van der Waals surface area (Å²) >= 11 is 0. The van der Waals surface area contributed by atoms with Crippen molar-refractivity contribution < 1.29 is 9.53 Å². The second-order valence-corrected chi connectivity index (χ2v) is 5.36. The number of pyridine rings is 1. The zero-order chi connectivity index (χ0) is 15.4. The molecule has 1 amide bonds. The van der Waals surface area contributed by atoms with E-state index >= 15 is 0 Å². The van der Waals surface area contributed by atoms with E-state index in [1.165, 1.54) is 0 Å². The summed E-state index contributed by atoms with van der Waals surface area (Å²) in [5.41, 5.74) is 3.26. The van der Waals surface area contributed by atoms with Gasteiger partial charge in [-0.15, -0.1) is 0 Å². The summed E-state index contributed by atoms with van der Waals surface area (Å²) in [5.74, 6) is -0.131. The molecule has 1 unspecified atom stereocenters. The molecule has 1 aromatic carbocycles. The van der Waals surface area contributed by atoms with Gasteiger partial charge in [0.2, 0.25) is 0 Å². The van der Waals surface area contributed by atoms with Crippen LogP contribution >= 0.6 is 0 Å². The van der Waals surface area contributed by atoms with Crippen LogP contribution in [0.5, 0.6) is 0 Å². The molecule has 5 nitrogen and oxygen atoms in total. The molecule has 0 spiro atoms. The van der Waals surface area contributed by atoms with Crippen molar-refractivity contribution in [3.05, 3.63) is 59.4 Å². The molecular weight excluding hydrogens is 278 g/mol. The summed E-state index contributed by atoms with van der Waals surface area (Å²) in [6.07, 6.45) is 1.65. The first-order valence-electron chi connectivity index (χ1n) is 7.39. The molecule has 1 saturated heterocycles. The number of ether oxygens (including phenoxy) is 1. The molecule has 0 bridgehead atoms. The highest BCUT2D eigenvalue weighted by atomic mass is 16.5. The number of morpholine rings is 1. The molecule has 1 fully saturated rings. The van der Waals surface area contributed by atoms with Gasteiger partial charge in [-0.25, -0.2) is 0 Å². The lowest BCUT2D eigenvalue weighted by atomic mass is 10.1. The predicted octanol–water partition coefficient (Wildman–Crippen LogP) is 2.30. The van der Waals surface area contributed by atoms with Gasteiger partial charge in [-0.2, -0.15) is 0 Å². The first-order valence-corrected chi connectivity index (χ1v) is 7.39. The van der Waals surface area contributed by atoms with Crippen LogP contribution in [-0.4, -0.2) is 30.6 Å². The molecule has 2 heterocycles. The van der Waals surface area contributed by atoms with Gasteiger partial charge in [-0.05, 0) is 31.2 Å². The van der Waals surface area contributed by atoms with Gasteiger partial charge in [0.05, 0.1) is 24.2 Å². The molecule has 114 valence electrons. The Morgan fingerprint density at radius 1 is 1.36 bits per heavy atom. The predicted molar refractivity (Wildman–Crippen MR) is 84.9 cm³/mol. The van der Waals surface area contributed by atoms with Crippen molar-refractivity contribution in [2.24, 2.45) is 0 Å². The van der Waals surface area contributed by atoms with Gasteiger partial charge in [-0.1, -0.05) is 17.7 Å². The summed E-state index contributed by atoms with van der Waals surface area (Å²) in [6.45, 7) is 4.30. The Bertz CT molecular complexity index is 649. The molecule has 5 heteroatoms. The van der Waals surface area contributed by atoms with E-state index < -0.39 is 0 Å². The lowest BCUT2D eigenvalue weighted by Crippen LogP contribution is -2.33. The Morgan fingerprint density at radius 3 is 2.95 bits per heavy atom. The van der Waals surface area contributed by atoms with E-state index in [2.05, 4.69) is 15.6 Å². The third kappa shape index (κ3) is 3.50. The van der Waals surface area contributed by atoms with E-state index in [-0.39, 0.29) is 12.0 Å². The van der Waals surface area contributed by atoms with Crippen molar-refractivity contribution in [3.63, 3.8) is 0 Å². The topological polar surface area (TPSA) is 63.2 Å². The van der Waals surface area contributed by atoms with Gasteiger partial charge >= 0.3 is 0 Å². The molecule has 1 aliphatic heterocycles. The van der Waals surface area contributed by atoms with Crippen LogP contribution in [0.1, 0.15) is 27.7 Å². The normalized spacial score (nSPS) is 18.0. The second kappa shape index (κ2) is 6.68. The van der Waals surface area contributed by atoms with Gasteiger partial charge in [0.25, 0.3) is 5.91 Å². The second-order valence-electron chi connectivity index (χ2n) is 5.36. The fraction of sp³-hybridized carbons (Fsp3) is 0.294. The maximum atomic E-state index is 12.2. The molecule has 3 rings (SSSR count). The van der Waals surface area contributed by atoms with Gasteiger partial charge in [0, 0.05) is 18.7 Å². The van der Waals surface area contributed by atoms with Crippen molar-refractivity contribution in [2.45, 2.75) is 13.0 Å². The maximum absolute atomic E-state index is 12.2. The van der Waals surface area contributed by atoms with Gasteiger partial charge < -0.3 is 15.4 Å². The Kier molecular flexibility index (Phi) is 4.46. The molecule has 2 aromatic rings. The number of nitrogens with zero attached hydrogens (tertiary/aromatic N) is 1. The van der Waals surface area contributed by atoms with Crippen LogP contribution in [0.2, 0.25) is 0 Å². The first-order chi connectivity index (χ1) is 10.7. The average molecular weight is 297 g/mol. The number of amides is 1. The SMILES string of the molecule is Cc1cccc(C(=O)Nc2ccc(C3CNCCO3)nc2)c1. The fourth-order valence-corrected chi connectivity index (χ4v) is 2.41. The van der Waals surface area contributed by atoms with Crippen LogP contribution in [0.3, 0.4) is 0 Å². The van der Waals surface area contributed by atoms with Gasteiger partial charge in [-0.3, -0.25) is 9.78 Å². The largest absolute Gasteiger partial charge is 0.369 e.